The minimum absolute atomic E-state index is 0.222. The summed E-state index contributed by atoms with van der Waals surface area (Å²) in [6.45, 7) is 7.61. The number of aryl methyl sites for hydroxylation is 1. The quantitative estimate of drug-likeness (QED) is 0.598. The zero-order chi connectivity index (χ0) is 20.1. The molecule has 154 valence electrons. The summed E-state index contributed by atoms with van der Waals surface area (Å²) in [7, 11) is 0. The van der Waals surface area contributed by atoms with E-state index in [0.29, 0.717) is 6.04 Å². The molecule has 29 heavy (non-hydrogen) atoms. The van der Waals surface area contributed by atoms with E-state index in [1.54, 1.807) is 0 Å². The fourth-order valence-electron chi connectivity index (χ4n) is 4.06. The molecule has 0 spiro atoms. The van der Waals surface area contributed by atoms with Crippen LogP contribution in [0.3, 0.4) is 0 Å². The van der Waals surface area contributed by atoms with Crippen molar-refractivity contribution in [1.29, 1.82) is 0 Å². The van der Waals surface area contributed by atoms with Crippen molar-refractivity contribution in [3.8, 4) is 0 Å². The van der Waals surface area contributed by atoms with Crippen LogP contribution in [0.2, 0.25) is 0 Å². The molecule has 0 saturated carbocycles. The second-order valence-electron chi connectivity index (χ2n) is 7.64. The summed E-state index contributed by atoms with van der Waals surface area (Å²) in [5.74, 6) is 0. The van der Waals surface area contributed by atoms with E-state index < -0.39 is 0 Å². The predicted molar refractivity (Wildman–Crippen MR) is 117 cm³/mol. The highest BCUT2D eigenvalue weighted by Crippen LogP contribution is 2.33. The van der Waals surface area contributed by atoms with Gasteiger partial charge in [-0.05, 0) is 31.7 Å². The molecule has 0 amide bonds. The second-order valence-corrected chi connectivity index (χ2v) is 7.64. The minimum atomic E-state index is 0.222. The van der Waals surface area contributed by atoms with Crippen molar-refractivity contribution < 1.29 is 4.74 Å². The molecule has 0 aliphatic carbocycles. The molecule has 1 fully saturated rings. The van der Waals surface area contributed by atoms with Crippen LogP contribution in [0, 0.1) is 0 Å². The SMILES string of the molecule is CCC(NCc1ccccc1)c1cnc2c(cnn2CC)c1NC1CCOCC1. The highest BCUT2D eigenvalue weighted by atomic mass is 16.5. The molecule has 1 aromatic carbocycles. The molecule has 6 heteroatoms. The number of fused-ring (bicyclic) bond motifs is 1. The van der Waals surface area contributed by atoms with Crippen molar-refractivity contribution in [2.45, 2.75) is 58.3 Å². The maximum atomic E-state index is 5.55. The molecular formula is C23H31N5O. The van der Waals surface area contributed by atoms with E-state index in [1.807, 2.05) is 17.1 Å². The van der Waals surface area contributed by atoms with Gasteiger partial charge in [-0.1, -0.05) is 37.3 Å². The van der Waals surface area contributed by atoms with Gasteiger partial charge in [0, 0.05) is 50.1 Å². The molecule has 1 saturated heterocycles. The number of hydrogen-bond acceptors (Lipinski definition) is 5. The van der Waals surface area contributed by atoms with Crippen molar-refractivity contribution in [1.82, 2.24) is 20.1 Å². The summed E-state index contributed by atoms with van der Waals surface area (Å²) in [4.78, 5) is 4.79. The molecule has 2 aromatic heterocycles. The molecule has 1 aliphatic rings. The Morgan fingerprint density at radius 3 is 2.66 bits per heavy atom. The standard InChI is InChI=1S/C23H31N5O/c1-3-21(24-14-17-8-6-5-7-9-17)19-15-25-23-20(16-26-28(23)4-2)22(19)27-18-10-12-29-13-11-18/h5-9,15-16,18,21,24H,3-4,10-14H2,1-2H3,(H,25,27). The third-order valence-corrected chi connectivity index (χ3v) is 5.74. The van der Waals surface area contributed by atoms with Crippen LogP contribution in [0.1, 0.15) is 50.3 Å². The molecule has 6 nitrogen and oxygen atoms in total. The Bertz CT molecular complexity index is 918. The largest absolute Gasteiger partial charge is 0.381 e. The summed E-state index contributed by atoms with van der Waals surface area (Å²) >= 11 is 0. The maximum absolute atomic E-state index is 5.55. The predicted octanol–water partition coefficient (Wildman–Crippen LogP) is 4.28. The van der Waals surface area contributed by atoms with Crippen LogP contribution in [-0.2, 0) is 17.8 Å². The highest BCUT2D eigenvalue weighted by molar-refractivity contribution is 5.91. The maximum Gasteiger partial charge on any atom is 0.159 e. The van der Waals surface area contributed by atoms with E-state index in [9.17, 15) is 0 Å². The second kappa shape index (κ2) is 9.37. The van der Waals surface area contributed by atoms with E-state index in [2.05, 4.69) is 59.9 Å². The van der Waals surface area contributed by atoms with E-state index in [4.69, 9.17) is 9.72 Å². The number of pyridine rings is 1. The number of aromatic nitrogens is 3. The minimum Gasteiger partial charge on any atom is -0.381 e. The topological polar surface area (TPSA) is 64.0 Å². The van der Waals surface area contributed by atoms with Gasteiger partial charge >= 0.3 is 0 Å². The van der Waals surface area contributed by atoms with Gasteiger partial charge in [-0.2, -0.15) is 5.10 Å². The Kier molecular flexibility index (Phi) is 6.42. The molecule has 4 rings (SSSR count). The monoisotopic (exact) mass is 393 g/mol. The Morgan fingerprint density at radius 2 is 1.93 bits per heavy atom. The number of anilines is 1. The lowest BCUT2D eigenvalue weighted by Crippen LogP contribution is -2.29. The summed E-state index contributed by atoms with van der Waals surface area (Å²) in [6, 6.07) is 11.2. The van der Waals surface area contributed by atoms with Crippen LogP contribution < -0.4 is 10.6 Å². The van der Waals surface area contributed by atoms with Gasteiger partial charge in [-0.15, -0.1) is 0 Å². The van der Waals surface area contributed by atoms with Crippen molar-refractivity contribution in [3.05, 3.63) is 53.9 Å². The molecule has 1 atom stereocenters. The van der Waals surface area contributed by atoms with Crippen LogP contribution >= 0.6 is 0 Å². The van der Waals surface area contributed by atoms with Crippen molar-refractivity contribution >= 4 is 16.7 Å². The summed E-state index contributed by atoms with van der Waals surface area (Å²) in [5, 5.41) is 13.2. The van der Waals surface area contributed by atoms with Crippen LogP contribution in [0.15, 0.2) is 42.7 Å². The van der Waals surface area contributed by atoms with Gasteiger partial charge in [-0.25, -0.2) is 9.67 Å². The van der Waals surface area contributed by atoms with Gasteiger partial charge in [0.05, 0.1) is 17.3 Å². The van der Waals surface area contributed by atoms with Crippen molar-refractivity contribution in [3.63, 3.8) is 0 Å². The first-order valence-corrected chi connectivity index (χ1v) is 10.8. The molecule has 3 heterocycles. The molecule has 1 aliphatic heterocycles. The van der Waals surface area contributed by atoms with Crippen molar-refractivity contribution in [2.24, 2.45) is 0 Å². The lowest BCUT2D eigenvalue weighted by atomic mass is 10.0. The number of ether oxygens (including phenoxy) is 1. The van der Waals surface area contributed by atoms with E-state index in [-0.39, 0.29) is 6.04 Å². The number of nitrogens with one attached hydrogen (secondary N) is 2. The van der Waals surface area contributed by atoms with Gasteiger partial charge in [0.25, 0.3) is 0 Å². The molecule has 1 unspecified atom stereocenters. The average molecular weight is 394 g/mol. The third-order valence-electron chi connectivity index (χ3n) is 5.74. The smallest absolute Gasteiger partial charge is 0.159 e. The first-order valence-electron chi connectivity index (χ1n) is 10.8. The van der Waals surface area contributed by atoms with Crippen LogP contribution in [0.4, 0.5) is 5.69 Å². The third kappa shape index (κ3) is 4.43. The van der Waals surface area contributed by atoms with Gasteiger partial charge in [0.15, 0.2) is 5.65 Å². The number of rotatable bonds is 8. The molecular weight excluding hydrogens is 362 g/mol. The molecule has 3 aromatic rings. The fraction of sp³-hybridized carbons (Fsp3) is 0.478. The summed E-state index contributed by atoms with van der Waals surface area (Å²) in [5.41, 5.74) is 4.63. The van der Waals surface area contributed by atoms with E-state index >= 15 is 0 Å². The van der Waals surface area contributed by atoms with Gasteiger partial charge in [0.2, 0.25) is 0 Å². The summed E-state index contributed by atoms with van der Waals surface area (Å²) in [6.07, 6.45) is 7.04. The number of benzene rings is 1. The molecule has 0 radical (unpaired) electrons. The zero-order valence-electron chi connectivity index (χ0n) is 17.4. The first-order chi connectivity index (χ1) is 14.3. The van der Waals surface area contributed by atoms with Gasteiger partial charge in [0.1, 0.15) is 0 Å². The highest BCUT2D eigenvalue weighted by Gasteiger charge is 2.22. The fourth-order valence-corrected chi connectivity index (χ4v) is 4.06. The average Bonchev–Trinajstić information content (AvgIpc) is 3.20. The Labute approximate surface area is 172 Å². The Morgan fingerprint density at radius 1 is 1.14 bits per heavy atom. The lowest BCUT2D eigenvalue weighted by Gasteiger charge is -2.28. The van der Waals surface area contributed by atoms with Gasteiger partial charge < -0.3 is 15.4 Å². The molecule has 2 N–H and O–H groups in total. The normalized spacial score (nSPS) is 16.2. The van der Waals surface area contributed by atoms with Crippen molar-refractivity contribution in [2.75, 3.05) is 18.5 Å². The summed E-state index contributed by atoms with van der Waals surface area (Å²) < 4.78 is 7.52. The van der Waals surface area contributed by atoms with Crippen LogP contribution in [0.5, 0.6) is 0 Å². The Balaban J connectivity index is 1.66. The first kappa shape index (κ1) is 19.9. The van der Waals surface area contributed by atoms with Crippen LogP contribution in [0.25, 0.3) is 11.0 Å². The molecule has 0 bridgehead atoms. The lowest BCUT2D eigenvalue weighted by molar-refractivity contribution is 0.0904. The van der Waals surface area contributed by atoms with Crippen LogP contribution in [-0.4, -0.2) is 34.0 Å². The van der Waals surface area contributed by atoms with E-state index in [0.717, 1.165) is 56.6 Å². The number of nitrogens with zero attached hydrogens (tertiary/aromatic N) is 3. The number of hydrogen-bond donors (Lipinski definition) is 2. The Hall–Kier alpha value is -2.44. The van der Waals surface area contributed by atoms with E-state index in [1.165, 1.54) is 16.8 Å². The zero-order valence-corrected chi connectivity index (χ0v) is 17.4. The van der Waals surface area contributed by atoms with Gasteiger partial charge in [-0.3, -0.25) is 0 Å².